The van der Waals surface area contributed by atoms with Crippen LogP contribution < -0.4 is 0 Å². The maximum atomic E-state index is 6.59. The lowest BCUT2D eigenvalue weighted by Crippen LogP contribution is -2.23. The maximum Gasteiger partial charge on any atom is 0.273 e. The van der Waals surface area contributed by atoms with Crippen LogP contribution in [0.15, 0.2) is 35.5 Å². The second-order valence-electron chi connectivity index (χ2n) is 11.0. The van der Waals surface area contributed by atoms with Gasteiger partial charge in [0.1, 0.15) is 0 Å². The Kier molecular flexibility index (Phi) is 15.2. The lowest BCUT2D eigenvalue weighted by atomic mass is 10.0. The molecule has 0 atom stereocenters. The van der Waals surface area contributed by atoms with Gasteiger partial charge in [0.15, 0.2) is 6.61 Å². The van der Waals surface area contributed by atoms with Crippen molar-refractivity contribution in [2.24, 2.45) is 0 Å². The number of rotatable bonds is 7. The highest BCUT2D eigenvalue weighted by Crippen LogP contribution is 2.25. The third-order valence-corrected chi connectivity index (χ3v) is 7.72. The van der Waals surface area contributed by atoms with Gasteiger partial charge in [-0.2, -0.15) is 0 Å². The van der Waals surface area contributed by atoms with Crippen LogP contribution in [0.3, 0.4) is 0 Å². The van der Waals surface area contributed by atoms with Crippen LogP contribution in [0.1, 0.15) is 154 Å². The highest BCUT2D eigenvalue weighted by atomic mass is 16.7. The van der Waals surface area contributed by atoms with Gasteiger partial charge in [0, 0.05) is 19.3 Å². The molecule has 0 bridgehead atoms. The Morgan fingerprint density at radius 3 is 1.23 bits per heavy atom. The van der Waals surface area contributed by atoms with Crippen molar-refractivity contribution in [2.75, 3.05) is 6.61 Å². The lowest BCUT2D eigenvalue weighted by molar-refractivity contribution is -0.123. The first kappa shape index (κ1) is 28.2. The van der Waals surface area contributed by atoms with Gasteiger partial charge >= 0.3 is 0 Å². The molecule has 0 radical (unpaired) electrons. The monoisotopic (exact) mass is 486 g/mol. The quantitative estimate of drug-likeness (QED) is 0.335. The van der Waals surface area contributed by atoms with Crippen LogP contribution in [0, 0.1) is 0 Å². The summed E-state index contributed by atoms with van der Waals surface area (Å²) in [6.07, 6.45) is 36.8. The summed E-state index contributed by atoms with van der Waals surface area (Å²) in [6.45, 7) is 0.487. The predicted molar refractivity (Wildman–Crippen MR) is 147 cm³/mol. The van der Waals surface area contributed by atoms with Crippen molar-refractivity contribution in [1.29, 1.82) is 0 Å². The van der Waals surface area contributed by atoms with E-state index in [9.17, 15) is 0 Å². The van der Waals surface area contributed by atoms with Gasteiger partial charge in [-0.15, -0.1) is 0 Å². The first-order valence-corrected chi connectivity index (χ1v) is 15.4. The van der Waals surface area contributed by atoms with E-state index in [0.717, 1.165) is 55.8 Å². The van der Waals surface area contributed by atoms with Crippen LogP contribution in [0.25, 0.3) is 0 Å². The van der Waals surface area contributed by atoms with E-state index in [1.807, 2.05) is 0 Å². The molecule has 3 nitrogen and oxygen atoms in total. The Bertz CT molecular complexity index is 597. The normalized spacial score (nSPS) is 25.7. The lowest BCUT2D eigenvalue weighted by Gasteiger charge is -2.25. The van der Waals surface area contributed by atoms with E-state index in [-0.39, 0.29) is 6.29 Å². The summed E-state index contributed by atoms with van der Waals surface area (Å²) < 4.78 is 19.6. The van der Waals surface area contributed by atoms with Crippen molar-refractivity contribution in [3.05, 3.63) is 35.5 Å². The molecule has 0 heterocycles. The summed E-state index contributed by atoms with van der Waals surface area (Å²) in [6, 6.07) is 0. The molecule has 0 spiro atoms. The standard InChI is InChI=1S/C32H54O3/c1-4-10-16-22-29(23-17-11-5-1)33-28-32(34-30-24-18-12-6-2-7-13-19-25-30)35-31-26-20-14-8-3-9-15-21-27-31/h22,24,26,32H,1-21,23,25,27-28H2/b29-22?,30-24+,31-26+. The van der Waals surface area contributed by atoms with Crippen LogP contribution in [0.4, 0.5) is 0 Å². The zero-order valence-electron chi connectivity index (χ0n) is 22.7. The largest absolute Gasteiger partial charge is 0.490 e. The number of hydrogen-bond acceptors (Lipinski definition) is 3. The zero-order valence-corrected chi connectivity index (χ0v) is 22.7. The number of hydrogen-bond donors (Lipinski definition) is 0. The Morgan fingerprint density at radius 2 is 0.771 bits per heavy atom. The molecule has 3 heteroatoms. The Labute approximate surface area is 216 Å². The van der Waals surface area contributed by atoms with E-state index < -0.39 is 0 Å². The highest BCUT2D eigenvalue weighted by molar-refractivity contribution is 4.98. The predicted octanol–water partition coefficient (Wildman–Crippen LogP) is 10.4. The Hall–Kier alpha value is -1.38. The van der Waals surface area contributed by atoms with Crippen molar-refractivity contribution in [3.63, 3.8) is 0 Å². The van der Waals surface area contributed by atoms with Crippen molar-refractivity contribution < 1.29 is 14.2 Å². The molecule has 0 unspecified atom stereocenters. The van der Waals surface area contributed by atoms with Crippen LogP contribution in [0.5, 0.6) is 0 Å². The first-order chi connectivity index (χ1) is 17.4. The molecule has 200 valence electrons. The molecule has 3 aliphatic carbocycles. The minimum absolute atomic E-state index is 0.352. The van der Waals surface area contributed by atoms with Gasteiger partial charge in [-0.3, -0.25) is 0 Å². The van der Waals surface area contributed by atoms with Gasteiger partial charge in [-0.1, -0.05) is 77.0 Å². The Morgan fingerprint density at radius 1 is 0.429 bits per heavy atom. The second-order valence-corrected chi connectivity index (χ2v) is 11.0. The van der Waals surface area contributed by atoms with Gasteiger partial charge in [0.25, 0.3) is 6.29 Å². The van der Waals surface area contributed by atoms with Gasteiger partial charge in [0.2, 0.25) is 0 Å². The van der Waals surface area contributed by atoms with Crippen molar-refractivity contribution in [3.8, 4) is 0 Å². The molecule has 0 amide bonds. The number of allylic oxidation sites excluding steroid dienone is 6. The van der Waals surface area contributed by atoms with Gasteiger partial charge in [-0.05, 0) is 76.0 Å². The van der Waals surface area contributed by atoms with Crippen LogP contribution in [-0.2, 0) is 14.2 Å². The molecule has 0 N–H and O–H groups in total. The molecule has 0 aromatic carbocycles. The molecule has 0 aromatic heterocycles. The maximum absolute atomic E-state index is 6.59. The number of ether oxygens (including phenoxy) is 3. The average Bonchev–Trinajstić information content (AvgIpc) is 2.89. The van der Waals surface area contributed by atoms with Crippen molar-refractivity contribution in [2.45, 2.75) is 160 Å². The molecule has 0 fully saturated rings. The van der Waals surface area contributed by atoms with Crippen molar-refractivity contribution in [1.82, 2.24) is 0 Å². The van der Waals surface area contributed by atoms with E-state index in [1.165, 1.54) is 116 Å². The minimum Gasteiger partial charge on any atom is -0.490 e. The van der Waals surface area contributed by atoms with Crippen molar-refractivity contribution >= 4 is 0 Å². The summed E-state index contributed by atoms with van der Waals surface area (Å²) in [7, 11) is 0. The Balaban J connectivity index is 1.64. The molecule has 0 saturated carbocycles. The summed E-state index contributed by atoms with van der Waals surface area (Å²) in [4.78, 5) is 0. The zero-order chi connectivity index (χ0) is 24.2. The third-order valence-electron chi connectivity index (χ3n) is 7.72. The van der Waals surface area contributed by atoms with Gasteiger partial charge < -0.3 is 14.2 Å². The average molecular weight is 487 g/mol. The van der Waals surface area contributed by atoms with Crippen LogP contribution in [-0.4, -0.2) is 12.9 Å². The molecule has 35 heavy (non-hydrogen) atoms. The van der Waals surface area contributed by atoms with E-state index >= 15 is 0 Å². The highest BCUT2D eigenvalue weighted by Gasteiger charge is 2.18. The SMILES string of the molecule is C1=C(OCC(O/C2=C/CCCCCCCC2)O/C2=C/CCCCCCCC2)CCCCCCCC1. The van der Waals surface area contributed by atoms with E-state index in [4.69, 9.17) is 14.2 Å². The molecular formula is C32H54O3. The fraction of sp³-hybridized carbons (Fsp3) is 0.812. The smallest absolute Gasteiger partial charge is 0.273 e. The summed E-state index contributed by atoms with van der Waals surface area (Å²) >= 11 is 0. The van der Waals surface area contributed by atoms with E-state index in [2.05, 4.69) is 18.2 Å². The van der Waals surface area contributed by atoms with Gasteiger partial charge in [0.05, 0.1) is 17.3 Å². The first-order valence-electron chi connectivity index (χ1n) is 15.4. The minimum atomic E-state index is -0.352. The molecule has 3 aliphatic rings. The molecule has 0 aromatic rings. The molecule has 3 rings (SSSR count). The summed E-state index contributed by atoms with van der Waals surface area (Å²) in [5.74, 6) is 3.41. The van der Waals surface area contributed by atoms with Crippen LogP contribution in [0.2, 0.25) is 0 Å². The van der Waals surface area contributed by atoms with Crippen LogP contribution >= 0.6 is 0 Å². The third kappa shape index (κ3) is 13.5. The van der Waals surface area contributed by atoms with E-state index in [0.29, 0.717) is 6.61 Å². The van der Waals surface area contributed by atoms with Gasteiger partial charge in [-0.25, -0.2) is 0 Å². The summed E-state index contributed by atoms with van der Waals surface area (Å²) in [5.41, 5.74) is 0. The topological polar surface area (TPSA) is 27.7 Å². The second kappa shape index (κ2) is 18.8. The molecule has 0 aliphatic heterocycles. The molecular weight excluding hydrogens is 432 g/mol. The fourth-order valence-electron chi connectivity index (χ4n) is 5.50. The fourth-order valence-corrected chi connectivity index (χ4v) is 5.50. The van der Waals surface area contributed by atoms with E-state index in [1.54, 1.807) is 0 Å². The summed E-state index contributed by atoms with van der Waals surface area (Å²) in [5, 5.41) is 0. The molecule has 0 saturated heterocycles.